The molecule has 2 aromatic heterocycles. The van der Waals surface area contributed by atoms with E-state index in [1.54, 1.807) is 22.9 Å². The molecule has 0 fully saturated rings. The van der Waals surface area contributed by atoms with Crippen LogP contribution in [0.1, 0.15) is 7.85 Å². The van der Waals surface area contributed by atoms with Gasteiger partial charge in [-0.05, 0) is 12.5 Å². The normalized spacial score (nSPS) is 13.6. The Balaban J connectivity index is 0.00000182. The smallest absolute Gasteiger partial charge is 0.255 e. The zero-order valence-electron chi connectivity index (χ0n) is 13.0. The van der Waals surface area contributed by atoms with Gasteiger partial charge in [0.2, 0.25) is 11.9 Å². The first-order valence-corrected chi connectivity index (χ1v) is 7.76. The van der Waals surface area contributed by atoms with Crippen LogP contribution >= 0.6 is 0 Å². The minimum atomic E-state index is -0.0643. The van der Waals surface area contributed by atoms with Crippen LogP contribution in [0, 0.1) is 0 Å². The minimum Gasteiger partial charge on any atom is -0.368 e. The molecular formula is C17H18N6O. The van der Waals surface area contributed by atoms with Gasteiger partial charge < -0.3 is 5.73 Å². The number of nitrogen functional groups attached to an aromatic ring is 1. The fraction of sp³-hybridized carbons (Fsp3) is 0.176. The first-order valence-electron chi connectivity index (χ1n) is 7.76. The third-order valence-electron chi connectivity index (χ3n) is 4.00. The van der Waals surface area contributed by atoms with Crippen molar-refractivity contribution in [1.82, 2.24) is 19.5 Å². The van der Waals surface area contributed by atoms with E-state index < -0.39 is 0 Å². The Hall–Kier alpha value is -3.22. The average Bonchev–Trinajstić information content (AvgIpc) is 2.62. The molecule has 0 bridgehead atoms. The molecule has 0 unspecified atom stereocenters. The molecular weight excluding hydrogens is 304 g/mol. The van der Waals surface area contributed by atoms with Crippen LogP contribution in [0.2, 0.25) is 0 Å². The molecule has 0 saturated carbocycles. The summed E-state index contributed by atoms with van der Waals surface area (Å²) in [6.45, 7) is 1.37. The topological polar surface area (TPSA) is 89.9 Å². The monoisotopic (exact) mass is 322 g/mol. The first-order chi connectivity index (χ1) is 11.7. The summed E-state index contributed by atoms with van der Waals surface area (Å²) < 4.78 is 1.67. The summed E-state index contributed by atoms with van der Waals surface area (Å²) in [5.74, 6) is 1.44. The van der Waals surface area contributed by atoms with Crippen molar-refractivity contribution in [2.75, 3.05) is 17.2 Å². The lowest BCUT2D eigenvalue weighted by atomic mass is 10.1. The van der Waals surface area contributed by atoms with E-state index >= 15 is 0 Å². The van der Waals surface area contributed by atoms with Crippen molar-refractivity contribution in [3.63, 3.8) is 0 Å². The molecule has 0 spiro atoms. The molecule has 7 heteroatoms. The Kier molecular flexibility index (Phi) is 3.45. The maximum atomic E-state index is 12.5. The average molecular weight is 322 g/mol. The lowest BCUT2D eigenvalue weighted by Gasteiger charge is -2.30. The number of benzene rings is 1. The maximum absolute atomic E-state index is 12.5. The highest BCUT2D eigenvalue weighted by Crippen LogP contribution is 2.27. The summed E-state index contributed by atoms with van der Waals surface area (Å²) >= 11 is 0. The van der Waals surface area contributed by atoms with Crippen molar-refractivity contribution in [2.45, 2.75) is 13.0 Å². The van der Waals surface area contributed by atoms with Gasteiger partial charge in [-0.1, -0.05) is 30.3 Å². The van der Waals surface area contributed by atoms with Gasteiger partial charge in [0.1, 0.15) is 5.82 Å². The van der Waals surface area contributed by atoms with E-state index in [4.69, 9.17) is 10.7 Å². The Morgan fingerprint density at radius 1 is 1.08 bits per heavy atom. The molecule has 0 saturated heterocycles. The van der Waals surface area contributed by atoms with Gasteiger partial charge in [0.15, 0.2) is 0 Å². The highest BCUT2D eigenvalue weighted by molar-refractivity contribution is 5.62. The van der Waals surface area contributed by atoms with Crippen LogP contribution in [0.3, 0.4) is 0 Å². The van der Waals surface area contributed by atoms with Crippen molar-refractivity contribution in [3.8, 4) is 11.3 Å². The molecule has 0 amide bonds. The second kappa shape index (κ2) is 5.77. The lowest BCUT2D eigenvalue weighted by Crippen LogP contribution is -2.36. The third kappa shape index (κ3) is 2.50. The van der Waals surface area contributed by atoms with Crippen LogP contribution in [-0.4, -0.2) is 26.1 Å². The van der Waals surface area contributed by atoms with E-state index in [1.165, 1.54) is 0 Å². The minimum absolute atomic E-state index is 0. The molecule has 0 atom stereocenters. The number of anilines is 3. The van der Waals surface area contributed by atoms with E-state index in [0.29, 0.717) is 24.0 Å². The third-order valence-corrected chi connectivity index (χ3v) is 4.00. The van der Waals surface area contributed by atoms with E-state index in [0.717, 1.165) is 18.5 Å². The highest BCUT2D eigenvalue weighted by Gasteiger charge is 2.23. The van der Waals surface area contributed by atoms with Gasteiger partial charge in [0, 0.05) is 32.3 Å². The van der Waals surface area contributed by atoms with Gasteiger partial charge in [-0.3, -0.25) is 14.3 Å². The zero-order chi connectivity index (χ0) is 16.5. The SMILES string of the molecule is Nc1nccc(N2CCCn3c2nc(-c2ccccc2)cc3=O)n1.[HH]. The van der Waals surface area contributed by atoms with Gasteiger partial charge in [-0.25, -0.2) is 9.97 Å². The van der Waals surface area contributed by atoms with E-state index in [1.807, 2.05) is 35.2 Å². The van der Waals surface area contributed by atoms with Crippen LogP contribution in [0.4, 0.5) is 17.7 Å². The van der Waals surface area contributed by atoms with E-state index in [-0.39, 0.29) is 12.9 Å². The molecule has 1 aromatic carbocycles. The Morgan fingerprint density at radius 3 is 2.71 bits per heavy atom. The lowest BCUT2D eigenvalue weighted by molar-refractivity contribution is 0.561. The summed E-state index contributed by atoms with van der Waals surface area (Å²) in [6.07, 6.45) is 2.44. The van der Waals surface area contributed by atoms with E-state index in [9.17, 15) is 4.79 Å². The number of aromatic nitrogens is 4. The fourth-order valence-corrected chi connectivity index (χ4v) is 2.88. The predicted octanol–water partition coefficient (Wildman–Crippen LogP) is 2.07. The van der Waals surface area contributed by atoms with Crippen molar-refractivity contribution < 1.29 is 1.43 Å². The van der Waals surface area contributed by atoms with Crippen LogP contribution in [-0.2, 0) is 6.54 Å². The second-order valence-electron chi connectivity index (χ2n) is 5.58. The first kappa shape index (κ1) is 14.4. The maximum Gasteiger partial charge on any atom is 0.255 e. The molecule has 2 N–H and O–H groups in total. The number of nitrogens with two attached hydrogens (primary N) is 1. The van der Waals surface area contributed by atoms with Crippen molar-refractivity contribution in [3.05, 3.63) is 59.0 Å². The molecule has 7 nitrogen and oxygen atoms in total. The van der Waals surface area contributed by atoms with Gasteiger partial charge >= 0.3 is 0 Å². The number of nitrogens with zero attached hydrogens (tertiary/aromatic N) is 5. The van der Waals surface area contributed by atoms with Crippen molar-refractivity contribution in [1.29, 1.82) is 0 Å². The Labute approximate surface area is 139 Å². The standard InChI is InChI=1S/C17H16N6O.H2/c18-16-19-8-7-14(21-16)22-9-4-10-23-15(24)11-13(20-17(22)23)12-5-2-1-3-6-12;/h1-3,5-8,11H,4,9-10H2,(H2,18,19,21);1H. The molecule has 0 radical (unpaired) electrons. The molecule has 24 heavy (non-hydrogen) atoms. The predicted molar refractivity (Wildman–Crippen MR) is 94.1 cm³/mol. The molecule has 3 aromatic rings. The second-order valence-corrected chi connectivity index (χ2v) is 5.58. The molecule has 3 heterocycles. The van der Waals surface area contributed by atoms with Gasteiger partial charge in [0.25, 0.3) is 5.56 Å². The molecule has 1 aliphatic heterocycles. The van der Waals surface area contributed by atoms with Crippen molar-refractivity contribution in [2.24, 2.45) is 0 Å². The molecule has 4 rings (SSSR count). The Bertz CT molecular complexity index is 943. The number of fused-ring (bicyclic) bond motifs is 1. The van der Waals surface area contributed by atoms with E-state index in [2.05, 4.69) is 9.97 Å². The van der Waals surface area contributed by atoms with Crippen LogP contribution in [0.25, 0.3) is 11.3 Å². The van der Waals surface area contributed by atoms with Gasteiger partial charge in [0.05, 0.1) is 5.69 Å². The summed E-state index contributed by atoms with van der Waals surface area (Å²) in [6, 6.07) is 13.0. The molecule has 0 aliphatic carbocycles. The summed E-state index contributed by atoms with van der Waals surface area (Å²) in [4.78, 5) is 27.4. The highest BCUT2D eigenvalue weighted by atomic mass is 16.1. The molecule has 122 valence electrons. The Morgan fingerprint density at radius 2 is 1.92 bits per heavy atom. The van der Waals surface area contributed by atoms with Crippen molar-refractivity contribution >= 4 is 17.7 Å². The fourth-order valence-electron chi connectivity index (χ4n) is 2.88. The summed E-state index contributed by atoms with van der Waals surface area (Å²) in [7, 11) is 0. The van der Waals surface area contributed by atoms with Crippen LogP contribution < -0.4 is 16.2 Å². The number of hydrogen-bond acceptors (Lipinski definition) is 6. The summed E-state index contributed by atoms with van der Waals surface area (Å²) in [5, 5.41) is 0. The van der Waals surface area contributed by atoms with Gasteiger partial charge in [-0.2, -0.15) is 4.98 Å². The number of rotatable bonds is 2. The quantitative estimate of drug-likeness (QED) is 0.777. The zero-order valence-corrected chi connectivity index (χ0v) is 13.0. The largest absolute Gasteiger partial charge is 0.368 e. The van der Waals surface area contributed by atoms with Gasteiger partial charge in [-0.15, -0.1) is 0 Å². The van der Waals surface area contributed by atoms with Crippen LogP contribution in [0.15, 0.2) is 53.5 Å². The van der Waals surface area contributed by atoms with Crippen LogP contribution in [0.5, 0.6) is 0 Å². The number of hydrogen-bond donors (Lipinski definition) is 1. The molecule has 1 aliphatic rings. The summed E-state index contributed by atoms with van der Waals surface area (Å²) in [5.41, 5.74) is 7.20.